The van der Waals surface area contributed by atoms with Crippen LogP contribution in [0.25, 0.3) is 0 Å². The highest BCUT2D eigenvalue weighted by Crippen LogP contribution is 2.44. The Morgan fingerprint density at radius 2 is 2.04 bits per heavy atom. The van der Waals surface area contributed by atoms with E-state index in [4.69, 9.17) is 19.3 Å². The quantitative estimate of drug-likeness (QED) is 0.463. The van der Waals surface area contributed by atoms with Crippen LogP contribution in [0.3, 0.4) is 0 Å². The maximum Gasteiger partial charge on any atom is 0.416 e. The standard InChI is InChI=1S/C18H16F3IO5/c1-25-13-7-9(18(19,20)21)5-6-12(13)26-10-3-2-4-11(8-10)27-16-14(15(16)22)17(23)24/h3,5-8,14-16H,2,4H2,1H3,(H,23,24)/t14-,15-,16+/m1/s1. The van der Waals surface area contributed by atoms with Crippen LogP contribution in [-0.2, 0) is 15.7 Å². The second-order valence-electron chi connectivity index (χ2n) is 6.11. The van der Waals surface area contributed by atoms with Crippen molar-refractivity contribution in [3.63, 3.8) is 0 Å². The van der Waals surface area contributed by atoms with E-state index in [2.05, 4.69) is 0 Å². The molecular weight excluding hydrogens is 480 g/mol. The van der Waals surface area contributed by atoms with Gasteiger partial charge in [-0.05, 0) is 30.7 Å². The molecule has 1 saturated carbocycles. The first-order valence-electron chi connectivity index (χ1n) is 8.08. The summed E-state index contributed by atoms with van der Waals surface area (Å²) in [7, 11) is 1.27. The molecule has 0 radical (unpaired) electrons. The summed E-state index contributed by atoms with van der Waals surface area (Å²) in [6.07, 6.45) is -0.232. The van der Waals surface area contributed by atoms with Crippen LogP contribution in [-0.4, -0.2) is 28.2 Å². The Labute approximate surface area is 166 Å². The van der Waals surface area contributed by atoms with Gasteiger partial charge in [-0.2, -0.15) is 13.2 Å². The predicted molar refractivity (Wildman–Crippen MR) is 97.8 cm³/mol. The number of alkyl halides is 4. The van der Waals surface area contributed by atoms with Crippen LogP contribution < -0.4 is 9.47 Å². The van der Waals surface area contributed by atoms with Crippen LogP contribution in [0.15, 0.2) is 41.9 Å². The van der Waals surface area contributed by atoms with Crippen LogP contribution >= 0.6 is 22.6 Å². The van der Waals surface area contributed by atoms with E-state index in [9.17, 15) is 18.0 Å². The zero-order chi connectivity index (χ0) is 19.8. The predicted octanol–water partition coefficient (Wildman–Crippen LogP) is 4.56. The first-order chi connectivity index (χ1) is 12.7. The largest absolute Gasteiger partial charge is 0.493 e. The van der Waals surface area contributed by atoms with Gasteiger partial charge in [-0.1, -0.05) is 22.6 Å². The molecule has 1 fully saturated rings. The maximum absolute atomic E-state index is 12.8. The molecule has 0 heterocycles. The van der Waals surface area contributed by atoms with E-state index < -0.39 is 23.6 Å². The molecule has 27 heavy (non-hydrogen) atoms. The summed E-state index contributed by atoms with van der Waals surface area (Å²) >= 11 is 2.05. The third kappa shape index (κ3) is 4.50. The van der Waals surface area contributed by atoms with Crippen molar-refractivity contribution >= 4 is 28.6 Å². The molecule has 0 spiro atoms. The van der Waals surface area contributed by atoms with Gasteiger partial charge in [0.05, 0.1) is 16.6 Å². The number of rotatable bonds is 6. The molecule has 2 aliphatic carbocycles. The fraction of sp³-hybridized carbons (Fsp3) is 0.389. The number of carbonyl (C=O) groups is 1. The van der Waals surface area contributed by atoms with Gasteiger partial charge in [0, 0.05) is 12.5 Å². The lowest BCUT2D eigenvalue weighted by atomic mass is 10.1. The maximum atomic E-state index is 12.8. The van der Waals surface area contributed by atoms with Gasteiger partial charge in [0.2, 0.25) is 0 Å². The Morgan fingerprint density at radius 3 is 2.63 bits per heavy atom. The van der Waals surface area contributed by atoms with Crippen molar-refractivity contribution in [3.05, 3.63) is 47.4 Å². The van der Waals surface area contributed by atoms with Crippen LogP contribution in [0.5, 0.6) is 11.5 Å². The lowest BCUT2D eigenvalue weighted by Crippen LogP contribution is -2.08. The van der Waals surface area contributed by atoms with Crippen LogP contribution in [0.1, 0.15) is 18.4 Å². The van der Waals surface area contributed by atoms with Crippen LogP contribution in [0, 0.1) is 5.92 Å². The van der Waals surface area contributed by atoms with Crippen LogP contribution in [0.2, 0.25) is 0 Å². The van der Waals surface area contributed by atoms with Gasteiger partial charge in [0.1, 0.15) is 23.5 Å². The van der Waals surface area contributed by atoms with Crippen molar-refractivity contribution in [2.45, 2.75) is 29.0 Å². The van der Waals surface area contributed by atoms with E-state index in [1.807, 2.05) is 22.6 Å². The molecule has 0 bridgehead atoms. The Hall–Kier alpha value is -1.91. The van der Waals surface area contributed by atoms with E-state index in [0.717, 1.165) is 12.1 Å². The molecule has 0 unspecified atom stereocenters. The molecule has 1 N–H and O–H groups in total. The molecule has 5 nitrogen and oxygen atoms in total. The highest BCUT2D eigenvalue weighted by Gasteiger charge is 2.56. The van der Waals surface area contributed by atoms with Gasteiger partial charge in [-0.3, -0.25) is 4.79 Å². The van der Waals surface area contributed by atoms with Gasteiger partial charge in [0.15, 0.2) is 11.5 Å². The van der Waals surface area contributed by atoms with E-state index >= 15 is 0 Å². The van der Waals surface area contributed by atoms with Gasteiger partial charge in [-0.15, -0.1) is 0 Å². The lowest BCUT2D eigenvalue weighted by molar-refractivity contribution is -0.139. The van der Waals surface area contributed by atoms with Crippen molar-refractivity contribution in [1.29, 1.82) is 0 Å². The number of allylic oxidation sites excluding steroid dienone is 3. The van der Waals surface area contributed by atoms with Crippen molar-refractivity contribution in [1.82, 2.24) is 0 Å². The molecule has 1 aromatic carbocycles. The average Bonchev–Trinajstić information content (AvgIpc) is 3.24. The second-order valence-corrected chi connectivity index (χ2v) is 7.55. The number of benzene rings is 1. The summed E-state index contributed by atoms with van der Waals surface area (Å²) in [5.74, 6) is -0.307. The number of hydrogen-bond donors (Lipinski definition) is 1. The number of hydrogen-bond acceptors (Lipinski definition) is 4. The summed E-state index contributed by atoms with van der Waals surface area (Å²) in [5, 5.41) is 9.07. The zero-order valence-electron chi connectivity index (χ0n) is 14.1. The molecule has 0 amide bonds. The van der Waals surface area contributed by atoms with Crippen LogP contribution in [0.4, 0.5) is 13.2 Å². The summed E-state index contributed by atoms with van der Waals surface area (Å²) in [4.78, 5) is 11.1. The summed E-state index contributed by atoms with van der Waals surface area (Å²) < 4.78 is 54.8. The minimum atomic E-state index is -4.47. The molecule has 9 heteroatoms. The second kappa shape index (κ2) is 7.61. The van der Waals surface area contributed by atoms with Crippen molar-refractivity contribution in [2.24, 2.45) is 5.92 Å². The Morgan fingerprint density at radius 1 is 1.30 bits per heavy atom. The SMILES string of the molecule is COc1cc(C(F)(F)F)ccc1OC1=CCCC(O[C@@H]2[C@H](I)[C@H]2C(=O)O)=C1. The summed E-state index contributed by atoms with van der Waals surface area (Å²) in [5.41, 5.74) is -0.828. The number of ether oxygens (including phenoxy) is 3. The average molecular weight is 496 g/mol. The highest BCUT2D eigenvalue weighted by molar-refractivity contribution is 14.1. The number of aliphatic carboxylic acids is 1. The third-order valence-electron chi connectivity index (χ3n) is 4.20. The third-order valence-corrected chi connectivity index (χ3v) is 5.68. The Balaban J connectivity index is 1.71. The number of methoxy groups -OCH3 is 1. The van der Waals surface area contributed by atoms with Gasteiger partial charge in [0.25, 0.3) is 0 Å². The van der Waals surface area contributed by atoms with Crippen molar-refractivity contribution < 1.29 is 37.3 Å². The molecule has 0 aromatic heterocycles. The lowest BCUT2D eigenvalue weighted by Gasteiger charge is -2.17. The fourth-order valence-corrected chi connectivity index (χ4v) is 3.78. The van der Waals surface area contributed by atoms with Crippen molar-refractivity contribution in [3.8, 4) is 11.5 Å². The molecule has 3 atom stereocenters. The molecule has 146 valence electrons. The van der Waals surface area contributed by atoms with Gasteiger partial charge in [-0.25, -0.2) is 0 Å². The van der Waals surface area contributed by atoms with Gasteiger partial charge >= 0.3 is 12.1 Å². The normalized spacial score (nSPS) is 24.6. The topological polar surface area (TPSA) is 65.0 Å². The van der Waals surface area contributed by atoms with Crippen molar-refractivity contribution in [2.75, 3.05) is 7.11 Å². The Bertz CT molecular complexity index is 803. The highest BCUT2D eigenvalue weighted by atomic mass is 127. The smallest absolute Gasteiger partial charge is 0.416 e. The number of carboxylic acid groups (broad SMARTS) is 1. The van der Waals surface area contributed by atoms with Gasteiger partial charge < -0.3 is 19.3 Å². The fourth-order valence-electron chi connectivity index (χ4n) is 2.70. The van der Waals surface area contributed by atoms with E-state index in [1.54, 1.807) is 12.2 Å². The first-order valence-corrected chi connectivity index (χ1v) is 9.32. The summed E-state index contributed by atoms with van der Waals surface area (Å²) in [6, 6.07) is 3.00. The molecule has 2 aliphatic rings. The molecule has 3 rings (SSSR count). The monoisotopic (exact) mass is 496 g/mol. The minimum Gasteiger partial charge on any atom is -0.493 e. The Kier molecular flexibility index (Phi) is 5.59. The number of carboxylic acids is 1. The molecule has 1 aromatic rings. The minimum absolute atomic E-state index is 0.0346. The first kappa shape index (κ1) is 19.8. The van der Waals surface area contributed by atoms with E-state index in [0.29, 0.717) is 24.4 Å². The van der Waals surface area contributed by atoms with E-state index in [-0.39, 0.29) is 21.5 Å². The van der Waals surface area contributed by atoms with E-state index in [1.165, 1.54) is 13.2 Å². The molecular formula is C18H16F3IO5. The summed E-state index contributed by atoms with van der Waals surface area (Å²) in [6.45, 7) is 0. The molecule has 0 aliphatic heterocycles. The number of halogens is 4. The molecule has 0 saturated heterocycles. The zero-order valence-corrected chi connectivity index (χ0v) is 16.3.